The number of aliphatic carboxylic acids is 1. The zero-order valence-electron chi connectivity index (χ0n) is 7.32. The molecule has 0 atom stereocenters. The molecule has 0 fully saturated rings. The largest absolute Gasteiger partial charge is 0.494 e. The van der Waals surface area contributed by atoms with E-state index in [0.717, 1.165) is 5.39 Å². The van der Waals surface area contributed by atoms with E-state index in [0.29, 0.717) is 11.1 Å². The van der Waals surface area contributed by atoms with Crippen molar-refractivity contribution >= 4 is 16.7 Å². The summed E-state index contributed by atoms with van der Waals surface area (Å²) in [6.07, 6.45) is -0.110. The van der Waals surface area contributed by atoms with E-state index in [1.807, 2.05) is 0 Å². The minimum absolute atomic E-state index is 0.0249. The lowest BCUT2D eigenvalue weighted by Crippen LogP contribution is -2.00. The molecule has 0 saturated carbocycles. The summed E-state index contributed by atoms with van der Waals surface area (Å²) in [6, 6.07) is 7.12. The van der Waals surface area contributed by atoms with E-state index in [1.54, 1.807) is 24.3 Å². The normalized spacial score (nSPS) is 10.6. The van der Waals surface area contributed by atoms with E-state index in [2.05, 4.69) is 4.98 Å². The maximum atomic E-state index is 10.5. The number of aromatic hydroxyl groups is 1. The summed E-state index contributed by atoms with van der Waals surface area (Å²) >= 11 is 0. The molecule has 14 heavy (non-hydrogen) atoms. The van der Waals surface area contributed by atoms with Crippen LogP contribution in [0, 0.1) is 0 Å². The number of benzene rings is 1. The molecule has 0 saturated heterocycles. The molecule has 4 nitrogen and oxygen atoms in total. The third-order valence-corrected chi connectivity index (χ3v) is 2.10. The Balaban J connectivity index is 2.60. The van der Waals surface area contributed by atoms with E-state index in [4.69, 9.17) is 5.11 Å². The Labute approximate surface area is 79.8 Å². The fourth-order valence-electron chi connectivity index (χ4n) is 1.52. The van der Waals surface area contributed by atoms with Gasteiger partial charge < -0.3 is 15.2 Å². The van der Waals surface area contributed by atoms with Crippen molar-refractivity contribution in [2.75, 3.05) is 0 Å². The number of H-pyrrole nitrogens is 1. The van der Waals surface area contributed by atoms with Crippen LogP contribution < -0.4 is 0 Å². The third-order valence-electron chi connectivity index (χ3n) is 2.10. The number of aromatic amines is 1. The quantitative estimate of drug-likeness (QED) is 0.673. The second-order valence-corrected chi connectivity index (χ2v) is 3.07. The first-order valence-corrected chi connectivity index (χ1v) is 4.19. The lowest BCUT2D eigenvalue weighted by atomic mass is 10.1. The zero-order valence-corrected chi connectivity index (χ0v) is 7.32. The van der Waals surface area contributed by atoms with Gasteiger partial charge in [0.05, 0.1) is 6.42 Å². The first-order chi connectivity index (χ1) is 6.68. The number of rotatable bonds is 2. The smallest absolute Gasteiger partial charge is 0.309 e. The van der Waals surface area contributed by atoms with Crippen LogP contribution in [0.5, 0.6) is 5.88 Å². The van der Waals surface area contributed by atoms with Gasteiger partial charge >= 0.3 is 5.97 Å². The number of hydrogen-bond donors (Lipinski definition) is 3. The lowest BCUT2D eigenvalue weighted by molar-refractivity contribution is -0.136. The minimum Gasteiger partial charge on any atom is -0.494 e. The van der Waals surface area contributed by atoms with Crippen LogP contribution in [0.3, 0.4) is 0 Å². The van der Waals surface area contributed by atoms with Crippen molar-refractivity contribution in [2.45, 2.75) is 6.42 Å². The highest BCUT2D eigenvalue weighted by Gasteiger charge is 2.10. The number of aromatic nitrogens is 1. The molecule has 1 heterocycles. The third kappa shape index (κ3) is 1.31. The molecule has 0 aliphatic carbocycles. The van der Waals surface area contributed by atoms with E-state index in [1.165, 1.54) is 0 Å². The molecular weight excluding hydrogens is 182 g/mol. The number of carboxylic acids is 1. The highest BCUT2D eigenvalue weighted by molar-refractivity contribution is 5.92. The number of nitrogens with one attached hydrogen (secondary N) is 1. The summed E-state index contributed by atoms with van der Waals surface area (Å²) in [4.78, 5) is 13.2. The summed E-state index contributed by atoms with van der Waals surface area (Å²) in [6.45, 7) is 0. The van der Waals surface area contributed by atoms with Gasteiger partial charge in [-0.2, -0.15) is 0 Å². The van der Waals surface area contributed by atoms with Gasteiger partial charge in [-0.25, -0.2) is 0 Å². The Bertz CT molecular complexity index is 487. The highest BCUT2D eigenvalue weighted by atomic mass is 16.4. The summed E-state index contributed by atoms with van der Waals surface area (Å²) in [5.74, 6) is -0.895. The monoisotopic (exact) mass is 191 g/mol. The Morgan fingerprint density at radius 2 is 1.93 bits per heavy atom. The Morgan fingerprint density at radius 3 is 2.57 bits per heavy atom. The molecule has 2 aromatic rings. The van der Waals surface area contributed by atoms with Crippen molar-refractivity contribution in [3.8, 4) is 5.88 Å². The predicted octanol–water partition coefficient (Wildman–Crippen LogP) is 1.50. The van der Waals surface area contributed by atoms with Gasteiger partial charge in [0.25, 0.3) is 0 Å². The van der Waals surface area contributed by atoms with Crippen LogP contribution in [0.2, 0.25) is 0 Å². The van der Waals surface area contributed by atoms with Gasteiger partial charge in [-0.15, -0.1) is 0 Å². The molecular formula is C10H9NO3. The van der Waals surface area contributed by atoms with E-state index >= 15 is 0 Å². The lowest BCUT2D eigenvalue weighted by Gasteiger charge is -1.92. The van der Waals surface area contributed by atoms with Crippen LogP contribution in [0.4, 0.5) is 0 Å². The molecule has 0 unspecified atom stereocenters. The molecule has 0 radical (unpaired) electrons. The fraction of sp³-hybridized carbons (Fsp3) is 0.100. The first-order valence-electron chi connectivity index (χ1n) is 4.19. The second-order valence-electron chi connectivity index (χ2n) is 3.07. The fourth-order valence-corrected chi connectivity index (χ4v) is 1.52. The standard InChI is InChI=1S/C10H9NO3/c12-9(13)5-8-6-3-1-2-4-7(6)10(14)11-8/h1-4,11,14H,5H2,(H,12,13). The Hall–Kier alpha value is -1.97. The SMILES string of the molecule is O=C(O)Cc1[nH]c(O)c2ccccc12. The Kier molecular flexibility index (Phi) is 1.89. The van der Waals surface area contributed by atoms with Gasteiger partial charge in [0.2, 0.25) is 0 Å². The molecule has 0 aliphatic rings. The van der Waals surface area contributed by atoms with Gasteiger partial charge in [-0.3, -0.25) is 4.79 Å². The molecule has 2 rings (SSSR count). The van der Waals surface area contributed by atoms with Gasteiger partial charge in [0.1, 0.15) is 0 Å². The highest BCUT2D eigenvalue weighted by Crippen LogP contribution is 2.27. The van der Waals surface area contributed by atoms with Crippen LogP contribution in [-0.2, 0) is 11.2 Å². The molecule has 1 aromatic carbocycles. The van der Waals surface area contributed by atoms with Crippen molar-refractivity contribution < 1.29 is 15.0 Å². The zero-order chi connectivity index (χ0) is 10.1. The van der Waals surface area contributed by atoms with Crippen LogP contribution in [0.1, 0.15) is 5.69 Å². The van der Waals surface area contributed by atoms with Crippen LogP contribution >= 0.6 is 0 Å². The van der Waals surface area contributed by atoms with Gasteiger partial charge in [0, 0.05) is 16.5 Å². The van der Waals surface area contributed by atoms with Crippen LogP contribution in [0.15, 0.2) is 24.3 Å². The van der Waals surface area contributed by atoms with Crippen molar-refractivity contribution in [1.29, 1.82) is 0 Å². The topological polar surface area (TPSA) is 73.3 Å². The predicted molar refractivity (Wildman–Crippen MR) is 51.3 cm³/mol. The van der Waals surface area contributed by atoms with Crippen molar-refractivity contribution in [3.05, 3.63) is 30.0 Å². The number of fused-ring (bicyclic) bond motifs is 1. The van der Waals surface area contributed by atoms with Crippen LogP contribution in [0.25, 0.3) is 10.8 Å². The van der Waals surface area contributed by atoms with Crippen molar-refractivity contribution in [1.82, 2.24) is 4.98 Å². The summed E-state index contributed by atoms with van der Waals surface area (Å²) in [5, 5.41) is 19.5. The Morgan fingerprint density at radius 1 is 1.29 bits per heavy atom. The minimum atomic E-state index is -0.919. The molecule has 1 aromatic heterocycles. The maximum absolute atomic E-state index is 10.5. The first kappa shape index (κ1) is 8.62. The average molecular weight is 191 g/mol. The van der Waals surface area contributed by atoms with Crippen molar-refractivity contribution in [3.63, 3.8) is 0 Å². The van der Waals surface area contributed by atoms with Gasteiger partial charge in [-0.1, -0.05) is 18.2 Å². The summed E-state index contributed by atoms with van der Waals surface area (Å²) in [5.41, 5.74) is 0.533. The van der Waals surface area contributed by atoms with Gasteiger partial charge in [0.15, 0.2) is 5.88 Å². The molecule has 0 amide bonds. The number of carboxylic acid groups (broad SMARTS) is 1. The van der Waals surface area contributed by atoms with Crippen molar-refractivity contribution in [2.24, 2.45) is 0 Å². The molecule has 0 spiro atoms. The molecule has 0 aliphatic heterocycles. The van der Waals surface area contributed by atoms with E-state index in [9.17, 15) is 9.90 Å². The van der Waals surface area contributed by atoms with E-state index < -0.39 is 5.97 Å². The average Bonchev–Trinajstić information content (AvgIpc) is 2.44. The van der Waals surface area contributed by atoms with Crippen LogP contribution in [-0.4, -0.2) is 21.2 Å². The summed E-state index contributed by atoms with van der Waals surface area (Å²) in [7, 11) is 0. The molecule has 0 bridgehead atoms. The van der Waals surface area contributed by atoms with E-state index in [-0.39, 0.29) is 12.3 Å². The molecule has 4 heteroatoms. The summed E-state index contributed by atoms with van der Waals surface area (Å²) < 4.78 is 0. The molecule has 3 N–H and O–H groups in total. The maximum Gasteiger partial charge on any atom is 0.309 e. The van der Waals surface area contributed by atoms with Gasteiger partial charge in [-0.05, 0) is 6.07 Å². The molecule has 72 valence electrons. The number of carbonyl (C=O) groups is 1. The second kappa shape index (κ2) is 3.06. The number of hydrogen-bond acceptors (Lipinski definition) is 2.